The van der Waals surface area contributed by atoms with Crippen LogP contribution >= 0.6 is 0 Å². The van der Waals surface area contributed by atoms with Crippen LogP contribution in [0.1, 0.15) is 32.0 Å². The van der Waals surface area contributed by atoms with Crippen LogP contribution in [-0.4, -0.2) is 4.98 Å². The summed E-state index contributed by atoms with van der Waals surface area (Å²) in [7, 11) is 0. The third kappa shape index (κ3) is 4.61. The van der Waals surface area contributed by atoms with E-state index in [4.69, 9.17) is 4.74 Å². The smallest absolute Gasteiger partial charge is 0.141 e. The Balaban J connectivity index is 0.000000956. The third-order valence-electron chi connectivity index (χ3n) is 2.58. The molecule has 20 heavy (non-hydrogen) atoms. The van der Waals surface area contributed by atoms with Gasteiger partial charge in [0.1, 0.15) is 24.0 Å². The van der Waals surface area contributed by atoms with Crippen LogP contribution < -0.4 is 4.74 Å². The first-order valence-electron chi connectivity index (χ1n) is 6.70. The quantitative estimate of drug-likeness (QED) is 0.820. The fourth-order valence-electron chi connectivity index (χ4n) is 1.55. The number of ether oxygens (including phenoxy) is 1. The first kappa shape index (κ1) is 16.1. The minimum atomic E-state index is -0.392. The van der Waals surface area contributed by atoms with Crippen molar-refractivity contribution in [3.63, 3.8) is 0 Å². The summed E-state index contributed by atoms with van der Waals surface area (Å²) < 4.78 is 31.5. The van der Waals surface area contributed by atoms with E-state index in [2.05, 4.69) is 4.98 Å². The van der Waals surface area contributed by atoms with Crippen molar-refractivity contribution in [3.05, 3.63) is 59.4 Å². The van der Waals surface area contributed by atoms with Crippen LogP contribution in [-0.2, 0) is 13.0 Å². The number of benzene rings is 1. The predicted octanol–water partition coefficient (Wildman–Crippen LogP) is 4.53. The van der Waals surface area contributed by atoms with Gasteiger partial charge in [-0.2, -0.15) is 0 Å². The summed E-state index contributed by atoms with van der Waals surface area (Å²) in [6.45, 7) is 6.08. The van der Waals surface area contributed by atoms with E-state index in [1.54, 1.807) is 12.1 Å². The van der Waals surface area contributed by atoms with Crippen LogP contribution in [0, 0.1) is 11.6 Å². The molecule has 0 fully saturated rings. The van der Waals surface area contributed by atoms with E-state index in [9.17, 15) is 8.78 Å². The highest BCUT2D eigenvalue weighted by Gasteiger charge is 2.03. The molecule has 0 aliphatic rings. The fourth-order valence-corrected chi connectivity index (χ4v) is 1.55. The van der Waals surface area contributed by atoms with Gasteiger partial charge in [0.05, 0.1) is 11.9 Å². The van der Waals surface area contributed by atoms with Crippen molar-refractivity contribution < 1.29 is 13.5 Å². The van der Waals surface area contributed by atoms with Gasteiger partial charge < -0.3 is 4.74 Å². The van der Waals surface area contributed by atoms with Gasteiger partial charge in [0.15, 0.2) is 0 Å². The van der Waals surface area contributed by atoms with Crippen LogP contribution in [0.25, 0.3) is 0 Å². The molecule has 0 aliphatic carbocycles. The molecule has 0 radical (unpaired) electrons. The summed E-state index contributed by atoms with van der Waals surface area (Å²) in [4.78, 5) is 3.86. The van der Waals surface area contributed by atoms with Crippen molar-refractivity contribution in [1.82, 2.24) is 4.98 Å². The average Bonchev–Trinajstić information content (AvgIpc) is 2.49. The number of pyridine rings is 1. The number of aromatic nitrogens is 1. The van der Waals surface area contributed by atoms with Gasteiger partial charge in [-0.1, -0.05) is 26.8 Å². The summed E-state index contributed by atoms with van der Waals surface area (Å²) in [5.74, 6) is -0.227. The van der Waals surface area contributed by atoms with E-state index in [1.165, 1.54) is 18.2 Å². The lowest BCUT2D eigenvalue weighted by Crippen LogP contribution is -1.99. The molecule has 2 nitrogen and oxygen atoms in total. The minimum absolute atomic E-state index is 0.186. The van der Waals surface area contributed by atoms with Crippen LogP contribution in [0.4, 0.5) is 8.78 Å². The molecule has 0 unspecified atom stereocenters. The Bertz CT molecular complexity index is 527. The van der Waals surface area contributed by atoms with E-state index in [0.717, 1.165) is 6.20 Å². The largest absolute Gasteiger partial charge is 0.487 e. The van der Waals surface area contributed by atoms with Crippen molar-refractivity contribution in [2.24, 2.45) is 0 Å². The predicted molar refractivity (Wildman–Crippen MR) is 75.7 cm³/mol. The highest BCUT2D eigenvalue weighted by molar-refractivity contribution is 5.29. The van der Waals surface area contributed by atoms with E-state index < -0.39 is 5.82 Å². The van der Waals surface area contributed by atoms with Crippen LogP contribution in [0.3, 0.4) is 0 Å². The second-order valence-corrected chi connectivity index (χ2v) is 3.86. The molecule has 2 aromatic rings. The first-order chi connectivity index (χ1) is 9.69. The third-order valence-corrected chi connectivity index (χ3v) is 2.58. The molecule has 0 saturated carbocycles. The molecule has 4 heteroatoms. The lowest BCUT2D eigenvalue weighted by molar-refractivity contribution is 0.299. The standard InChI is InChI=1S/C14H13F2NO.C2H6/c1-2-10-3-6-13(7-14(10)16)18-9-12-5-4-11(15)8-17-12;1-2/h3-8H,2,9H2,1H3;1-2H3. The van der Waals surface area contributed by atoms with Crippen LogP contribution in [0.5, 0.6) is 5.75 Å². The summed E-state index contributed by atoms with van der Waals surface area (Å²) >= 11 is 0. The Morgan fingerprint density at radius 1 is 1.10 bits per heavy atom. The van der Waals surface area contributed by atoms with Gasteiger partial charge in [0.25, 0.3) is 0 Å². The van der Waals surface area contributed by atoms with Gasteiger partial charge >= 0.3 is 0 Å². The van der Waals surface area contributed by atoms with E-state index in [1.807, 2.05) is 20.8 Å². The lowest BCUT2D eigenvalue weighted by Gasteiger charge is -2.07. The zero-order chi connectivity index (χ0) is 15.0. The summed E-state index contributed by atoms with van der Waals surface area (Å²) in [6, 6.07) is 7.61. The SMILES string of the molecule is CC.CCc1ccc(OCc2ccc(F)cn2)cc1F. The second-order valence-electron chi connectivity index (χ2n) is 3.86. The van der Waals surface area contributed by atoms with Crippen LogP contribution in [0.2, 0.25) is 0 Å². The van der Waals surface area contributed by atoms with Gasteiger partial charge in [0.2, 0.25) is 0 Å². The Hall–Kier alpha value is -1.97. The van der Waals surface area contributed by atoms with Crippen molar-refractivity contribution in [2.45, 2.75) is 33.8 Å². The minimum Gasteiger partial charge on any atom is -0.487 e. The molecular formula is C16H19F2NO. The number of halogens is 2. The summed E-state index contributed by atoms with van der Waals surface area (Å²) in [5, 5.41) is 0. The van der Waals surface area contributed by atoms with E-state index >= 15 is 0 Å². The molecular weight excluding hydrogens is 260 g/mol. The molecule has 1 heterocycles. The van der Waals surface area contributed by atoms with Gasteiger partial charge in [0, 0.05) is 6.07 Å². The highest BCUT2D eigenvalue weighted by Crippen LogP contribution is 2.18. The molecule has 2 rings (SSSR count). The zero-order valence-corrected chi connectivity index (χ0v) is 12.0. The molecule has 0 atom stereocenters. The Kier molecular flexibility index (Phi) is 6.64. The molecule has 108 valence electrons. The number of rotatable bonds is 4. The van der Waals surface area contributed by atoms with Gasteiger partial charge in [-0.05, 0) is 30.2 Å². The molecule has 0 amide bonds. The van der Waals surface area contributed by atoms with Gasteiger partial charge in [-0.25, -0.2) is 8.78 Å². The normalized spacial score (nSPS) is 9.65. The van der Waals surface area contributed by atoms with Crippen molar-refractivity contribution in [3.8, 4) is 5.75 Å². The maximum absolute atomic E-state index is 13.5. The molecule has 0 aliphatic heterocycles. The number of hydrogen-bond acceptors (Lipinski definition) is 2. The maximum Gasteiger partial charge on any atom is 0.141 e. The van der Waals surface area contributed by atoms with Gasteiger partial charge in [-0.15, -0.1) is 0 Å². The lowest BCUT2D eigenvalue weighted by atomic mass is 10.1. The molecule has 1 aromatic carbocycles. The number of hydrogen-bond donors (Lipinski definition) is 0. The van der Waals surface area contributed by atoms with Gasteiger partial charge in [-0.3, -0.25) is 4.98 Å². The zero-order valence-electron chi connectivity index (χ0n) is 12.0. The van der Waals surface area contributed by atoms with Crippen molar-refractivity contribution >= 4 is 0 Å². The first-order valence-corrected chi connectivity index (χ1v) is 6.70. The molecule has 0 N–H and O–H groups in total. The molecule has 0 spiro atoms. The maximum atomic E-state index is 13.5. The Morgan fingerprint density at radius 2 is 1.85 bits per heavy atom. The average molecular weight is 279 g/mol. The Morgan fingerprint density at radius 3 is 2.40 bits per heavy atom. The van der Waals surface area contributed by atoms with Crippen molar-refractivity contribution in [1.29, 1.82) is 0 Å². The topological polar surface area (TPSA) is 22.1 Å². The van der Waals surface area contributed by atoms with Crippen LogP contribution in [0.15, 0.2) is 36.5 Å². The summed E-state index contributed by atoms with van der Waals surface area (Å²) in [6.07, 6.45) is 1.77. The Labute approximate surface area is 118 Å². The summed E-state index contributed by atoms with van der Waals surface area (Å²) in [5.41, 5.74) is 1.25. The molecule has 0 bridgehead atoms. The van der Waals surface area contributed by atoms with E-state index in [0.29, 0.717) is 23.4 Å². The molecule has 1 aromatic heterocycles. The second kappa shape index (κ2) is 8.25. The number of aryl methyl sites for hydroxylation is 1. The monoisotopic (exact) mass is 279 g/mol. The van der Waals surface area contributed by atoms with Crippen molar-refractivity contribution in [2.75, 3.05) is 0 Å². The molecule has 0 saturated heterocycles. The highest BCUT2D eigenvalue weighted by atomic mass is 19.1. The fraction of sp³-hybridized carbons (Fsp3) is 0.312. The number of nitrogens with zero attached hydrogens (tertiary/aromatic N) is 1. The van der Waals surface area contributed by atoms with E-state index in [-0.39, 0.29) is 12.4 Å².